The largest absolute Gasteiger partial charge is 0.389 e. The minimum absolute atomic E-state index is 0.435. The van der Waals surface area contributed by atoms with Gasteiger partial charge in [0, 0.05) is 40.5 Å². The number of fused-ring (bicyclic) bond motifs is 1. The van der Waals surface area contributed by atoms with E-state index in [1.165, 1.54) is 11.8 Å². The maximum absolute atomic E-state index is 10.3. The van der Waals surface area contributed by atoms with Gasteiger partial charge < -0.3 is 10.0 Å². The molecule has 1 aliphatic rings. The number of hydrogen-bond acceptors (Lipinski definition) is 5. The predicted octanol–water partition coefficient (Wildman–Crippen LogP) is 4.64. The molecule has 1 aromatic carbocycles. The van der Waals surface area contributed by atoms with Crippen LogP contribution >= 0.6 is 35.0 Å². The van der Waals surface area contributed by atoms with Crippen LogP contribution < -0.4 is 4.90 Å². The summed E-state index contributed by atoms with van der Waals surface area (Å²) in [4.78, 5) is 11.0. The molecule has 0 saturated carbocycles. The van der Waals surface area contributed by atoms with Crippen LogP contribution in [0.25, 0.3) is 11.6 Å². The van der Waals surface area contributed by atoms with E-state index in [1.54, 1.807) is 20.0 Å². The molecule has 1 N–H and O–H groups in total. The van der Waals surface area contributed by atoms with E-state index >= 15 is 0 Å². The van der Waals surface area contributed by atoms with Crippen LogP contribution in [0.15, 0.2) is 29.6 Å². The van der Waals surface area contributed by atoms with Crippen LogP contribution in [-0.4, -0.2) is 40.0 Å². The number of β-amino-alcohol motifs (C(OH)–C–C–N with tert-alkyl or cyclic N) is 1. The normalized spacial score (nSPS) is 14.3. The number of thioether (sulfide) groups is 1. The molecule has 0 atom stereocenters. The topological polar surface area (TPSA) is 49.2 Å². The second-order valence-electron chi connectivity index (χ2n) is 6.57. The summed E-state index contributed by atoms with van der Waals surface area (Å²) in [6.07, 6.45) is 5.76. The second-order valence-corrected chi connectivity index (χ2v) is 8.16. The standard InChI is InChI=1S/C18H19Cl2N3OS/c1-18(2,24)10-23-9-12(15-13(19)5-4-6-14(15)20)7-11-8-21-17(25-3)22-16(11)23/h4-8,24H,9-10H2,1-3H3. The van der Waals surface area contributed by atoms with Gasteiger partial charge in [-0.15, -0.1) is 0 Å². The maximum Gasteiger partial charge on any atom is 0.189 e. The van der Waals surface area contributed by atoms with Crippen LogP contribution in [-0.2, 0) is 0 Å². The Morgan fingerprint density at radius 2 is 1.96 bits per heavy atom. The molecule has 0 spiro atoms. The molecule has 0 fully saturated rings. The van der Waals surface area contributed by atoms with Crippen LogP contribution in [0.5, 0.6) is 0 Å². The zero-order valence-corrected chi connectivity index (χ0v) is 16.6. The van der Waals surface area contributed by atoms with Gasteiger partial charge >= 0.3 is 0 Å². The highest BCUT2D eigenvalue weighted by atomic mass is 35.5. The van der Waals surface area contributed by atoms with Crippen molar-refractivity contribution in [1.82, 2.24) is 9.97 Å². The maximum atomic E-state index is 10.3. The van der Waals surface area contributed by atoms with Crippen LogP contribution in [0.1, 0.15) is 25.0 Å². The Balaban J connectivity index is 2.12. The molecule has 0 radical (unpaired) electrons. The number of aromatic nitrogens is 2. The Morgan fingerprint density at radius 1 is 1.28 bits per heavy atom. The third kappa shape index (κ3) is 4.11. The number of benzene rings is 1. The van der Waals surface area contributed by atoms with Crippen molar-refractivity contribution in [3.05, 3.63) is 45.6 Å². The highest BCUT2D eigenvalue weighted by Gasteiger charge is 2.27. The lowest BCUT2D eigenvalue weighted by Gasteiger charge is -2.34. The van der Waals surface area contributed by atoms with Crippen molar-refractivity contribution < 1.29 is 5.11 Å². The number of halogens is 2. The number of nitrogens with zero attached hydrogens (tertiary/aromatic N) is 3. The highest BCUT2D eigenvalue weighted by molar-refractivity contribution is 7.98. The molecule has 1 aliphatic heterocycles. The molecule has 2 heterocycles. The van der Waals surface area contributed by atoms with Crippen molar-refractivity contribution in [1.29, 1.82) is 0 Å². The zero-order chi connectivity index (χ0) is 18.2. The second kappa shape index (κ2) is 7.16. The van der Waals surface area contributed by atoms with E-state index in [0.717, 1.165) is 22.5 Å². The molecule has 25 heavy (non-hydrogen) atoms. The number of hydrogen-bond donors (Lipinski definition) is 1. The van der Waals surface area contributed by atoms with Crippen molar-refractivity contribution >= 4 is 52.4 Å². The summed E-state index contributed by atoms with van der Waals surface area (Å²) in [7, 11) is 0. The fourth-order valence-corrected chi connectivity index (χ4v) is 3.86. The van der Waals surface area contributed by atoms with Crippen molar-refractivity contribution in [2.45, 2.75) is 24.6 Å². The van der Waals surface area contributed by atoms with E-state index in [-0.39, 0.29) is 0 Å². The summed E-state index contributed by atoms with van der Waals surface area (Å²) in [6.45, 7) is 4.56. The smallest absolute Gasteiger partial charge is 0.189 e. The molecular formula is C18H19Cl2N3OS. The predicted molar refractivity (Wildman–Crippen MR) is 107 cm³/mol. The minimum atomic E-state index is -0.867. The monoisotopic (exact) mass is 395 g/mol. The number of aliphatic hydroxyl groups is 1. The Kier molecular flexibility index (Phi) is 5.30. The first-order valence-corrected chi connectivity index (χ1v) is 9.80. The first-order valence-electron chi connectivity index (χ1n) is 7.82. The van der Waals surface area contributed by atoms with Crippen molar-refractivity contribution in [2.24, 2.45) is 0 Å². The summed E-state index contributed by atoms with van der Waals surface area (Å²) in [5.41, 5.74) is 1.81. The summed E-state index contributed by atoms with van der Waals surface area (Å²) >= 11 is 14.3. The molecule has 0 unspecified atom stereocenters. The average Bonchev–Trinajstić information content (AvgIpc) is 2.53. The van der Waals surface area contributed by atoms with Gasteiger partial charge in [0.1, 0.15) is 5.82 Å². The third-order valence-corrected chi connectivity index (χ3v) is 5.00. The summed E-state index contributed by atoms with van der Waals surface area (Å²) in [6, 6.07) is 5.48. The molecule has 0 aliphatic carbocycles. The molecule has 0 saturated heterocycles. The lowest BCUT2D eigenvalue weighted by Crippen LogP contribution is -2.41. The van der Waals surface area contributed by atoms with E-state index in [2.05, 4.69) is 9.97 Å². The summed E-state index contributed by atoms with van der Waals surface area (Å²) < 4.78 is 0. The van der Waals surface area contributed by atoms with E-state index < -0.39 is 5.60 Å². The number of anilines is 1. The molecule has 132 valence electrons. The Morgan fingerprint density at radius 3 is 2.56 bits per heavy atom. The van der Waals surface area contributed by atoms with Gasteiger partial charge in [-0.1, -0.05) is 41.0 Å². The Hall–Kier alpha value is -1.27. The number of rotatable bonds is 4. The van der Waals surface area contributed by atoms with E-state index in [0.29, 0.717) is 28.3 Å². The lowest BCUT2D eigenvalue weighted by molar-refractivity contribution is 0.0877. The summed E-state index contributed by atoms with van der Waals surface area (Å²) in [5.74, 6) is 0.813. The van der Waals surface area contributed by atoms with Crippen molar-refractivity contribution in [2.75, 3.05) is 24.2 Å². The van der Waals surface area contributed by atoms with Crippen LogP contribution in [0.2, 0.25) is 10.0 Å². The molecule has 4 nitrogen and oxygen atoms in total. The quantitative estimate of drug-likeness (QED) is 0.603. The zero-order valence-electron chi connectivity index (χ0n) is 14.3. The lowest BCUT2D eigenvalue weighted by atomic mass is 9.98. The van der Waals surface area contributed by atoms with E-state index in [9.17, 15) is 5.11 Å². The molecule has 7 heteroatoms. The third-order valence-electron chi connectivity index (χ3n) is 3.81. The summed E-state index contributed by atoms with van der Waals surface area (Å²) in [5, 5.41) is 12.2. The van der Waals surface area contributed by atoms with Crippen LogP contribution in [0, 0.1) is 0 Å². The van der Waals surface area contributed by atoms with Gasteiger partial charge in [-0.3, -0.25) is 0 Å². The SMILES string of the molecule is CSc1ncc2c(n1)N(CC(C)(C)O)CC(c1c(Cl)cccc1Cl)=C2. The Labute approximate surface area is 161 Å². The van der Waals surface area contributed by atoms with Crippen molar-refractivity contribution in [3.8, 4) is 0 Å². The van der Waals surface area contributed by atoms with Gasteiger partial charge in [0.05, 0.1) is 5.60 Å². The molecule has 2 aromatic rings. The van der Waals surface area contributed by atoms with Gasteiger partial charge in [-0.05, 0) is 43.9 Å². The van der Waals surface area contributed by atoms with Gasteiger partial charge in [0.25, 0.3) is 0 Å². The Bertz CT molecular complexity index is 813. The average molecular weight is 396 g/mol. The van der Waals surface area contributed by atoms with Gasteiger partial charge in [0.15, 0.2) is 5.16 Å². The first kappa shape index (κ1) is 18.5. The fraction of sp³-hybridized carbons (Fsp3) is 0.333. The molecular weight excluding hydrogens is 377 g/mol. The fourth-order valence-electron chi connectivity index (χ4n) is 2.89. The highest BCUT2D eigenvalue weighted by Crippen LogP contribution is 2.38. The molecule has 3 rings (SSSR count). The van der Waals surface area contributed by atoms with Crippen LogP contribution in [0.4, 0.5) is 5.82 Å². The molecule has 1 aromatic heterocycles. The molecule has 0 amide bonds. The minimum Gasteiger partial charge on any atom is -0.389 e. The van der Waals surface area contributed by atoms with Gasteiger partial charge in [0.2, 0.25) is 0 Å². The van der Waals surface area contributed by atoms with Crippen LogP contribution in [0.3, 0.4) is 0 Å². The van der Waals surface area contributed by atoms with Gasteiger partial charge in [-0.25, -0.2) is 9.97 Å². The van der Waals surface area contributed by atoms with Crippen molar-refractivity contribution in [3.63, 3.8) is 0 Å². The van der Waals surface area contributed by atoms with E-state index in [4.69, 9.17) is 23.2 Å². The molecule has 0 bridgehead atoms. The van der Waals surface area contributed by atoms with E-state index in [1.807, 2.05) is 35.4 Å². The van der Waals surface area contributed by atoms with Gasteiger partial charge in [-0.2, -0.15) is 0 Å². The first-order chi connectivity index (χ1) is 11.8.